The summed E-state index contributed by atoms with van der Waals surface area (Å²) >= 11 is 0. The van der Waals surface area contributed by atoms with Gasteiger partial charge in [0.2, 0.25) is 0 Å². The molecule has 0 fully saturated rings. The Balaban J connectivity index is 2.54. The highest BCUT2D eigenvalue weighted by Crippen LogP contribution is 2.05. The van der Waals surface area contributed by atoms with E-state index in [2.05, 4.69) is 18.5 Å². The molecule has 78 valence electrons. The molecule has 2 heteroatoms. The Morgan fingerprint density at radius 1 is 1.33 bits per heavy atom. The van der Waals surface area contributed by atoms with Crippen LogP contribution in [0.25, 0.3) is 0 Å². The third kappa shape index (κ3) is 3.52. The molecule has 0 aliphatic heterocycles. The molecule has 0 heterocycles. The zero-order valence-corrected chi connectivity index (χ0v) is 8.70. The summed E-state index contributed by atoms with van der Waals surface area (Å²) in [5.41, 5.74) is 1.26. The number of nitrogens with one attached hydrogen (secondary N) is 1. The minimum absolute atomic E-state index is 0.00726. The van der Waals surface area contributed by atoms with Gasteiger partial charge in [0.25, 0.3) is 0 Å². The molecule has 2 nitrogen and oxygen atoms in total. The Bertz CT molecular complexity index is 354. The molecule has 1 rings (SSSR count). The first-order valence-electron chi connectivity index (χ1n) is 4.85. The highest BCUT2D eigenvalue weighted by molar-refractivity contribution is 6.08. The molecule has 15 heavy (non-hydrogen) atoms. The van der Waals surface area contributed by atoms with Gasteiger partial charge in [-0.3, -0.25) is 4.79 Å². The standard InChI is InChI=1S/C13H15NO/c1-3-9-14-10-11(2)13(15)12-7-5-4-6-8-12/h3-8,14H,1-2,9-10H2. The van der Waals surface area contributed by atoms with Gasteiger partial charge in [0.1, 0.15) is 0 Å². The van der Waals surface area contributed by atoms with Crippen LogP contribution >= 0.6 is 0 Å². The van der Waals surface area contributed by atoms with E-state index in [-0.39, 0.29) is 5.78 Å². The van der Waals surface area contributed by atoms with Gasteiger partial charge in [-0.15, -0.1) is 6.58 Å². The summed E-state index contributed by atoms with van der Waals surface area (Å²) < 4.78 is 0. The topological polar surface area (TPSA) is 29.1 Å². The SMILES string of the molecule is C=CCNCC(=C)C(=O)c1ccccc1. The van der Waals surface area contributed by atoms with E-state index in [9.17, 15) is 4.79 Å². The number of hydrogen-bond donors (Lipinski definition) is 1. The van der Waals surface area contributed by atoms with E-state index < -0.39 is 0 Å². The third-order valence-electron chi connectivity index (χ3n) is 1.98. The van der Waals surface area contributed by atoms with Gasteiger partial charge in [-0.25, -0.2) is 0 Å². The van der Waals surface area contributed by atoms with Crippen molar-refractivity contribution in [2.75, 3.05) is 13.1 Å². The molecule has 0 radical (unpaired) electrons. The maximum absolute atomic E-state index is 11.8. The molecule has 0 aliphatic rings. The first-order chi connectivity index (χ1) is 7.25. The number of carbonyl (C=O) groups excluding carboxylic acids is 1. The Morgan fingerprint density at radius 2 is 2.00 bits per heavy atom. The molecule has 0 spiro atoms. The molecule has 0 amide bonds. The summed E-state index contributed by atoms with van der Waals surface area (Å²) in [5, 5.41) is 3.05. The predicted molar refractivity (Wildman–Crippen MR) is 63.0 cm³/mol. The summed E-state index contributed by atoms with van der Waals surface area (Å²) in [6.07, 6.45) is 1.75. The molecule has 0 saturated heterocycles. The first-order valence-corrected chi connectivity index (χ1v) is 4.85. The largest absolute Gasteiger partial charge is 0.309 e. The number of ketones is 1. The van der Waals surface area contributed by atoms with Crippen LogP contribution in [0.4, 0.5) is 0 Å². The van der Waals surface area contributed by atoms with Crippen LogP contribution in [0.1, 0.15) is 10.4 Å². The van der Waals surface area contributed by atoms with Crippen molar-refractivity contribution in [3.8, 4) is 0 Å². The summed E-state index contributed by atoms with van der Waals surface area (Å²) in [6, 6.07) is 9.16. The van der Waals surface area contributed by atoms with Gasteiger partial charge in [0.15, 0.2) is 5.78 Å². The van der Waals surface area contributed by atoms with Gasteiger partial charge in [0.05, 0.1) is 0 Å². The smallest absolute Gasteiger partial charge is 0.189 e. The minimum atomic E-state index is -0.00726. The van der Waals surface area contributed by atoms with E-state index in [0.29, 0.717) is 24.2 Å². The molecule has 0 aromatic heterocycles. The van der Waals surface area contributed by atoms with Crippen molar-refractivity contribution in [1.29, 1.82) is 0 Å². The third-order valence-corrected chi connectivity index (χ3v) is 1.98. The van der Waals surface area contributed by atoms with Crippen LogP contribution in [0.3, 0.4) is 0 Å². The van der Waals surface area contributed by atoms with Crippen LogP contribution in [-0.2, 0) is 0 Å². The zero-order valence-electron chi connectivity index (χ0n) is 8.70. The molecular formula is C13H15NO. The lowest BCUT2D eigenvalue weighted by molar-refractivity contribution is 0.103. The van der Waals surface area contributed by atoms with E-state index in [1.807, 2.05) is 18.2 Å². The van der Waals surface area contributed by atoms with Crippen molar-refractivity contribution in [3.63, 3.8) is 0 Å². The lowest BCUT2D eigenvalue weighted by atomic mass is 10.1. The molecule has 1 aromatic carbocycles. The van der Waals surface area contributed by atoms with E-state index in [1.54, 1.807) is 18.2 Å². The van der Waals surface area contributed by atoms with Gasteiger partial charge in [-0.1, -0.05) is 43.0 Å². The van der Waals surface area contributed by atoms with Gasteiger partial charge >= 0.3 is 0 Å². The first kappa shape index (κ1) is 11.4. The maximum Gasteiger partial charge on any atom is 0.189 e. The molecule has 0 saturated carbocycles. The highest BCUT2D eigenvalue weighted by Gasteiger charge is 2.08. The van der Waals surface area contributed by atoms with Crippen molar-refractivity contribution in [1.82, 2.24) is 5.32 Å². The van der Waals surface area contributed by atoms with Crippen LogP contribution in [0.2, 0.25) is 0 Å². The highest BCUT2D eigenvalue weighted by atomic mass is 16.1. The van der Waals surface area contributed by atoms with E-state index in [1.165, 1.54) is 0 Å². The van der Waals surface area contributed by atoms with Crippen LogP contribution in [-0.4, -0.2) is 18.9 Å². The van der Waals surface area contributed by atoms with Gasteiger partial charge in [0, 0.05) is 24.2 Å². The fraction of sp³-hybridized carbons (Fsp3) is 0.154. The van der Waals surface area contributed by atoms with Crippen LogP contribution in [0.5, 0.6) is 0 Å². The lowest BCUT2D eigenvalue weighted by Gasteiger charge is -2.05. The van der Waals surface area contributed by atoms with Crippen LogP contribution < -0.4 is 5.32 Å². The van der Waals surface area contributed by atoms with Gasteiger partial charge in [-0.05, 0) is 0 Å². The lowest BCUT2D eigenvalue weighted by Crippen LogP contribution is -2.20. The van der Waals surface area contributed by atoms with Crippen molar-refractivity contribution < 1.29 is 4.79 Å². The Morgan fingerprint density at radius 3 is 2.60 bits per heavy atom. The second-order valence-corrected chi connectivity index (χ2v) is 3.22. The fourth-order valence-electron chi connectivity index (χ4n) is 1.20. The zero-order chi connectivity index (χ0) is 11.1. The number of rotatable bonds is 6. The molecule has 0 unspecified atom stereocenters. The van der Waals surface area contributed by atoms with Crippen molar-refractivity contribution in [3.05, 3.63) is 60.7 Å². The van der Waals surface area contributed by atoms with E-state index in [0.717, 1.165) is 0 Å². The van der Waals surface area contributed by atoms with E-state index in [4.69, 9.17) is 0 Å². The Kier molecular flexibility index (Phi) is 4.51. The Hall–Kier alpha value is -1.67. The average molecular weight is 201 g/mol. The van der Waals surface area contributed by atoms with E-state index >= 15 is 0 Å². The molecule has 0 atom stereocenters. The number of hydrogen-bond acceptors (Lipinski definition) is 2. The molecule has 0 aliphatic carbocycles. The number of benzene rings is 1. The van der Waals surface area contributed by atoms with Gasteiger partial charge < -0.3 is 5.32 Å². The summed E-state index contributed by atoms with van der Waals surface area (Å²) in [5.74, 6) is -0.00726. The van der Waals surface area contributed by atoms with Crippen molar-refractivity contribution >= 4 is 5.78 Å². The van der Waals surface area contributed by atoms with Crippen LogP contribution in [0.15, 0.2) is 55.1 Å². The maximum atomic E-state index is 11.8. The second kappa shape index (κ2) is 5.94. The number of Topliss-reactive ketones (excluding diaryl/α,β-unsaturated/α-hetero) is 1. The Labute approximate surface area is 90.3 Å². The monoisotopic (exact) mass is 201 g/mol. The fourth-order valence-corrected chi connectivity index (χ4v) is 1.20. The molecule has 1 N–H and O–H groups in total. The molecule has 1 aromatic rings. The molecular weight excluding hydrogens is 186 g/mol. The van der Waals surface area contributed by atoms with Gasteiger partial charge in [-0.2, -0.15) is 0 Å². The quantitative estimate of drug-likeness (QED) is 0.331. The van der Waals surface area contributed by atoms with Crippen LogP contribution in [0, 0.1) is 0 Å². The second-order valence-electron chi connectivity index (χ2n) is 3.22. The summed E-state index contributed by atoms with van der Waals surface area (Å²) in [7, 11) is 0. The normalized spacial score (nSPS) is 9.60. The minimum Gasteiger partial charge on any atom is -0.309 e. The molecule has 0 bridgehead atoms. The average Bonchev–Trinajstić information content (AvgIpc) is 2.29. The van der Waals surface area contributed by atoms with Crippen molar-refractivity contribution in [2.24, 2.45) is 0 Å². The predicted octanol–water partition coefficient (Wildman–Crippen LogP) is 2.20. The summed E-state index contributed by atoms with van der Waals surface area (Å²) in [6.45, 7) is 8.52. The summed E-state index contributed by atoms with van der Waals surface area (Å²) in [4.78, 5) is 11.8. The van der Waals surface area contributed by atoms with Crippen molar-refractivity contribution in [2.45, 2.75) is 0 Å². The number of carbonyl (C=O) groups is 1.